The van der Waals surface area contributed by atoms with Crippen molar-refractivity contribution in [3.8, 4) is 6.07 Å². The molecule has 25 heavy (non-hydrogen) atoms. The fourth-order valence-corrected chi connectivity index (χ4v) is 3.88. The van der Waals surface area contributed by atoms with Gasteiger partial charge in [0.05, 0.1) is 5.60 Å². The Hall–Kier alpha value is -1.66. The Labute approximate surface area is 151 Å². The molecule has 1 fully saturated rings. The maximum atomic E-state index is 13.0. The number of hydrogen-bond acceptors (Lipinski definition) is 2. The molecule has 1 aromatic rings. The highest BCUT2D eigenvalue weighted by molar-refractivity contribution is 5.26. The number of rotatable bonds is 8. The molecule has 0 amide bonds. The molecule has 1 aliphatic carbocycles. The van der Waals surface area contributed by atoms with Crippen LogP contribution in [0.4, 0.5) is 4.39 Å². The molecule has 0 heterocycles. The number of aryl methyl sites for hydroxylation is 1. The van der Waals surface area contributed by atoms with Gasteiger partial charge in [-0.2, -0.15) is 9.65 Å². The number of hydrogen-bond donors (Lipinski definition) is 0. The highest BCUT2D eigenvalue weighted by atomic mass is 19.1. The highest BCUT2D eigenvalue weighted by Crippen LogP contribution is 2.42. The van der Waals surface area contributed by atoms with Gasteiger partial charge in [0.25, 0.3) is 0 Å². The van der Waals surface area contributed by atoms with E-state index in [4.69, 9.17) is 10.00 Å². The second kappa shape index (κ2) is 9.73. The Balaban J connectivity index is 1.89. The molecule has 2 nitrogen and oxygen atoms in total. The molecule has 0 bridgehead atoms. The number of methoxy groups -OCH3 is 1. The Morgan fingerprint density at radius 1 is 1.32 bits per heavy atom. The maximum Gasteiger partial charge on any atom is 0.196 e. The largest absolute Gasteiger partial charge is 0.378 e. The van der Waals surface area contributed by atoms with Crippen LogP contribution < -0.4 is 0 Å². The van der Waals surface area contributed by atoms with E-state index in [9.17, 15) is 4.39 Å². The minimum absolute atomic E-state index is 0.163. The molecular weight excluding hydrogens is 313 g/mol. The van der Waals surface area contributed by atoms with Crippen LogP contribution >= 0.6 is 0 Å². The zero-order chi connectivity index (χ0) is 18.1. The summed E-state index contributed by atoms with van der Waals surface area (Å²) in [4.78, 5) is 0. The lowest BCUT2D eigenvalue weighted by Gasteiger charge is -2.39. The van der Waals surface area contributed by atoms with Gasteiger partial charge in [-0.15, -0.1) is 0 Å². The van der Waals surface area contributed by atoms with Gasteiger partial charge < -0.3 is 4.74 Å². The van der Waals surface area contributed by atoms with Crippen molar-refractivity contribution in [1.82, 2.24) is 0 Å². The van der Waals surface area contributed by atoms with Gasteiger partial charge in [-0.25, -0.2) is 0 Å². The van der Waals surface area contributed by atoms with Crippen molar-refractivity contribution in [3.05, 3.63) is 47.3 Å². The fourth-order valence-electron chi connectivity index (χ4n) is 3.88. The third kappa shape index (κ3) is 5.68. The van der Waals surface area contributed by atoms with Gasteiger partial charge in [0.2, 0.25) is 0 Å². The number of unbranched alkanes of at least 4 members (excludes halogenated alkanes) is 1. The van der Waals surface area contributed by atoms with Crippen LogP contribution in [0.15, 0.2) is 36.2 Å². The van der Waals surface area contributed by atoms with Crippen molar-refractivity contribution in [2.45, 2.75) is 76.2 Å². The average Bonchev–Trinajstić information content (AvgIpc) is 2.67. The van der Waals surface area contributed by atoms with Gasteiger partial charge in [0, 0.05) is 7.11 Å². The van der Waals surface area contributed by atoms with Crippen LogP contribution in [-0.4, -0.2) is 12.7 Å². The molecule has 1 aromatic carbocycles. The van der Waals surface area contributed by atoms with Crippen LogP contribution in [0.25, 0.3) is 0 Å². The number of nitrogens with zero attached hydrogens (tertiary/aromatic N) is 1. The van der Waals surface area contributed by atoms with Crippen molar-refractivity contribution in [3.63, 3.8) is 0 Å². The first-order valence-corrected chi connectivity index (χ1v) is 9.52. The van der Waals surface area contributed by atoms with E-state index >= 15 is 0 Å². The topological polar surface area (TPSA) is 33.0 Å². The Kier molecular flexibility index (Phi) is 7.65. The van der Waals surface area contributed by atoms with E-state index in [1.54, 1.807) is 7.11 Å². The zero-order valence-corrected chi connectivity index (χ0v) is 15.6. The molecule has 0 spiro atoms. The Bertz CT molecular complexity index is 591. The molecule has 136 valence electrons. The second-order valence-corrected chi connectivity index (χ2v) is 7.21. The summed E-state index contributed by atoms with van der Waals surface area (Å²) in [6.07, 6.45) is 10.6. The van der Waals surface area contributed by atoms with Gasteiger partial charge in [0.1, 0.15) is 6.07 Å². The molecule has 1 aliphatic rings. The summed E-state index contributed by atoms with van der Waals surface area (Å²) in [5.41, 5.74) is 2.70. The van der Waals surface area contributed by atoms with Crippen LogP contribution in [0.1, 0.15) is 75.3 Å². The molecule has 2 rings (SSSR count). The number of allylic oxidation sites excluding steroid dienone is 2. The first kappa shape index (κ1) is 19.7. The minimum atomic E-state index is -0.692. The maximum absolute atomic E-state index is 13.0. The number of nitriles is 1. The Morgan fingerprint density at radius 2 is 2.00 bits per heavy atom. The van der Waals surface area contributed by atoms with Crippen molar-refractivity contribution >= 4 is 0 Å². The SMILES string of the molecule is CCCCc1ccc(C2CCC(CCC=C(F)C#N)(OC)CC2)cc1. The molecule has 0 aliphatic heterocycles. The van der Waals surface area contributed by atoms with Gasteiger partial charge in [0.15, 0.2) is 5.83 Å². The number of benzene rings is 1. The predicted molar refractivity (Wildman–Crippen MR) is 100 cm³/mol. The summed E-state index contributed by atoms with van der Waals surface area (Å²) in [5.74, 6) is -0.0991. The van der Waals surface area contributed by atoms with Crippen LogP contribution in [0.3, 0.4) is 0 Å². The van der Waals surface area contributed by atoms with E-state index in [-0.39, 0.29) is 5.60 Å². The molecule has 0 saturated heterocycles. The lowest BCUT2D eigenvalue weighted by molar-refractivity contribution is -0.0483. The Morgan fingerprint density at radius 3 is 2.56 bits per heavy atom. The van der Waals surface area contributed by atoms with Gasteiger partial charge in [-0.05, 0) is 74.5 Å². The van der Waals surface area contributed by atoms with Crippen LogP contribution in [0.5, 0.6) is 0 Å². The van der Waals surface area contributed by atoms with Crippen LogP contribution in [0, 0.1) is 11.3 Å². The van der Waals surface area contributed by atoms with Crippen LogP contribution in [0.2, 0.25) is 0 Å². The van der Waals surface area contributed by atoms with Crippen LogP contribution in [-0.2, 0) is 11.2 Å². The van der Waals surface area contributed by atoms with E-state index in [1.807, 2.05) is 0 Å². The fraction of sp³-hybridized carbons (Fsp3) is 0.591. The van der Waals surface area contributed by atoms with E-state index in [1.165, 1.54) is 42.5 Å². The zero-order valence-electron chi connectivity index (χ0n) is 15.6. The third-order valence-corrected chi connectivity index (χ3v) is 5.63. The molecule has 3 heteroatoms. The summed E-state index contributed by atoms with van der Waals surface area (Å²) in [7, 11) is 1.76. The monoisotopic (exact) mass is 343 g/mol. The van der Waals surface area contributed by atoms with Crippen molar-refractivity contribution in [1.29, 1.82) is 5.26 Å². The molecule has 0 radical (unpaired) electrons. The second-order valence-electron chi connectivity index (χ2n) is 7.21. The first-order chi connectivity index (χ1) is 12.1. The highest BCUT2D eigenvalue weighted by Gasteiger charge is 2.35. The molecule has 0 atom stereocenters. The molecule has 1 saturated carbocycles. The quantitative estimate of drug-likeness (QED) is 0.524. The summed E-state index contributed by atoms with van der Waals surface area (Å²) < 4.78 is 18.8. The normalized spacial score (nSPS) is 24.1. The molecule has 0 unspecified atom stereocenters. The smallest absolute Gasteiger partial charge is 0.196 e. The molecular formula is C22H30FNO. The lowest BCUT2D eigenvalue weighted by atomic mass is 9.74. The van der Waals surface area contributed by atoms with Gasteiger partial charge >= 0.3 is 0 Å². The first-order valence-electron chi connectivity index (χ1n) is 9.52. The minimum Gasteiger partial charge on any atom is -0.378 e. The number of halogens is 1. The third-order valence-electron chi connectivity index (χ3n) is 5.63. The van der Waals surface area contributed by atoms with Gasteiger partial charge in [-0.3, -0.25) is 0 Å². The van der Waals surface area contributed by atoms with Gasteiger partial charge in [-0.1, -0.05) is 37.6 Å². The van der Waals surface area contributed by atoms with E-state index in [2.05, 4.69) is 31.2 Å². The number of ether oxygens (including phenoxy) is 1. The summed E-state index contributed by atoms with van der Waals surface area (Å²) in [6.45, 7) is 2.23. The van der Waals surface area contributed by atoms with Crippen molar-refractivity contribution in [2.75, 3.05) is 7.11 Å². The lowest BCUT2D eigenvalue weighted by Crippen LogP contribution is -2.35. The predicted octanol–water partition coefficient (Wildman–Crippen LogP) is 6.23. The molecule has 0 aromatic heterocycles. The van der Waals surface area contributed by atoms with Crippen molar-refractivity contribution in [2.24, 2.45) is 0 Å². The average molecular weight is 343 g/mol. The summed E-state index contributed by atoms with van der Waals surface area (Å²) in [5, 5.41) is 8.50. The summed E-state index contributed by atoms with van der Waals surface area (Å²) >= 11 is 0. The van der Waals surface area contributed by atoms with E-state index in [0.29, 0.717) is 12.3 Å². The van der Waals surface area contributed by atoms with E-state index in [0.717, 1.165) is 32.1 Å². The van der Waals surface area contributed by atoms with E-state index < -0.39 is 5.83 Å². The standard InChI is InChI=1S/C22H30FNO/c1-3-4-6-18-8-10-19(11-9-18)20-12-15-22(25-2,16-13-20)14-5-7-21(23)17-24/h7-11,20H,3-6,12-16H2,1-2H3. The molecule has 0 N–H and O–H groups in total. The summed E-state index contributed by atoms with van der Waals surface area (Å²) in [6, 6.07) is 10.7. The van der Waals surface area contributed by atoms with Crippen molar-refractivity contribution < 1.29 is 9.13 Å².